The van der Waals surface area contributed by atoms with Gasteiger partial charge in [0.1, 0.15) is 5.69 Å². The third-order valence-electron chi connectivity index (χ3n) is 5.53. The van der Waals surface area contributed by atoms with Gasteiger partial charge in [0.05, 0.1) is 5.69 Å². The monoisotopic (exact) mass is 420 g/mol. The lowest BCUT2D eigenvalue weighted by Crippen LogP contribution is -2.27. The Kier molecular flexibility index (Phi) is 4.82. The number of carbonyl (C=O) groups is 1. The van der Waals surface area contributed by atoms with Gasteiger partial charge in [0.25, 0.3) is 5.91 Å². The van der Waals surface area contributed by atoms with Crippen LogP contribution in [0.4, 0.5) is 13.2 Å². The van der Waals surface area contributed by atoms with Crippen LogP contribution in [0.3, 0.4) is 0 Å². The van der Waals surface area contributed by atoms with Gasteiger partial charge in [-0.05, 0) is 39.7 Å². The van der Waals surface area contributed by atoms with Crippen molar-refractivity contribution in [2.24, 2.45) is 0 Å². The zero-order valence-electron chi connectivity index (χ0n) is 17.3. The zero-order valence-corrected chi connectivity index (χ0v) is 17.3. The van der Waals surface area contributed by atoms with Crippen molar-refractivity contribution in [2.75, 3.05) is 7.05 Å². The predicted molar refractivity (Wildman–Crippen MR) is 103 cm³/mol. The van der Waals surface area contributed by atoms with Crippen LogP contribution in [-0.2, 0) is 19.3 Å². The molecule has 0 aromatic carbocycles. The van der Waals surface area contributed by atoms with E-state index >= 15 is 0 Å². The van der Waals surface area contributed by atoms with Gasteiger partial charge in [-0.2, -0.15) is 23.4 Å². The van der Waals surface area contributed by atoms with E-state index < -0.39 is 17.8 Å². The van der Waals surface area contributed by atoms with Crippen LogP contribution in [0.2, 0.25) is 0 Å². The number of fused-ring (bicyclic) bond motifs is 1. The number of aromatic nitrogens is 5. The highest BCUT2D eigenvalue weighted by Gasteiger charge is 2.37. The molecule has 4 rings (SSSR count). The summed E-state index contributed by atoms with van der Waals surface area (Å²) in [4.78, 5) is 18.7. The SMILES string of the molecule is CCn1nc(C)c(CN(C)C(=O)c2cc3nc(C4CC4)cc(C(F)(F)F)n3n2)c1C. The maximum Gasteiger partial charge on any atom is 0.433 e. The number of amides is 1. The minimum atomic E-state index is -4.59. The van der Waals surface area contributed by atoms with Gasteiger partial charge in [0, 0.05) is 49.1 Å². The maximum atomic E-state index is 13.6. The molecule has 7 nitrogen and oxygen atoms in total. The fourth-order valence-electron chi connectivity index (χ4n) is 3.66. The van der Waals surface area contributed by atoms with Gasteiger partial charge in [0.15, 0.2) is 11.3 Å². The summed E-state index contributed by atoms with van der Waals surface area (Å²) in [6.07, 6.45) is -2.94. The molecule has 0 radical (unpaired) electrons. The first-order chi connectivity index (χ1) is 14.1. The van der Waals surface area contributed by atoms with Gasteiger partial charge in [-0.3, -0.25) is 9.48 Å². The summed E-state index contributed by atoms with van der Waals surface area (Å²) in [5.41, 5.74) is 2.16. The van der Waals surface area contributed by atoms with E-state index in [1.165, 1.54) is 11.0 Å². The summed E-state index contributed by atoms with van der Waals surface area (Å²) in [6, 6.07) is 2.37. The minimum absolute atomic E-state index is 0.0367. The first kappa shape index (κ1) is 20.4. The van der Waals surface area contributed by atoms with E-state index in [1.807, 2.05) is 25.5 Å². The number of hydrogen-bond acceptors (Lipinski definition) is 4. The zero-order chi connectivity index (χ0) is 21.8. The van der Waals surface area contributed by atoms with Crippen molar-refractivity contribution >= 4 is 11.6 Å². The molecule has 10 heteroatoms. The van der Waals surface area contributed by atoms with E-state index in [4.69, 9.17) is 0 Å². The molecule has 3 aromatic heterocycles. The van der Waals surface area contributed by atoms with Crippen LogP contribution in [0.15, 0.2) is 12.1 Å². The summed E-state index contributed by atoms with van der Waals surface area (Å²) in [6.45, 7) is 6.79. The quantitative estimate of drug-likeness (QED) is 0.631. The van der Waals surface area contributed by atoms with Crippen molar-refractivity contribution in [2.45, 2.75) is 58.8 Å². The predicted octanol–water partition coefficient (Wildman–Crippen LogP) is 3.73. The van der Waals surface area contributed by atoms with Crippen LogP contribution >= 0.6 is 0 Å². The molecule has 1 amide bonds. The van der Waals surface area contributed by atoms with Crippen LogP contribution in [0.5, 0.6) is 0 Å². The summed E-state index contributed by atoms with van der Waals surface area (Å²) < 4.78 is 43.3. The normalized spacial score (nSPS) is 14.5. The fraction of sp³-hybridized carbons (Fsp3) is 0.500. The number of aryl methyl sites for hydroxylation is 2. The number of halogens is 3. The molecule has 1 aliphatic carbocycles. The van der Waals surface area contributed by atoms with Gasteiger partial charge in [0.2, 0.25) is 0 Å². The molecule has 3 heterocycles. The van der Waals surface area contributed by atoms with Crippen LogP contribution < -0.4 is 0 Å². The Morgan fingerprint density at radius 3 is 2.50 bits per heavy atom. The molecular formula is C20H23F3N6O. The Labute approximate surface area is 171 Å². The van der Waals surface area contributed by atoms with Crippen molar-refractivity contribution in [1.29, 1.82) is 0 Å². The maximum absolute atomic E-state index is 13.6. The molecule has 0 spiro atoms. The molecule has 30 heavy (non-hydrogen) atoms. The fourth-order valence-corrected chi connectivity index (χ4v) is 3.66. The Bertz CT molecular complexity index is 1130. The topological polar surface area (TPSA) is 68.3 Å². The number of alkyl halides is 3. The summed E-state index contributed by atoms with van der Waals surface area (Å²) in [5, 5.41) is 8.39. The lowest BCUT2D eigenvalue weighted by molar-refractivity contribution is -0.142. The van der Waals surface area contributed by atoms with Crippen LogP contribution in [-0.4, -0.2) is 42.2 Å². The van der Waals surface area contributed by atoms with Crippen LogP contribution in [0, 0.1) is 13.8 Å². The molecule has 1 saturated carbocycles. The average Bonchev–Trinajstić information content (AvgIpc) is 3.39. The Morgan fingerprint density at radius 2 is 1.93 bits per heavy atom. The molecule has 0 saturated heterocycles. The van der Waals surface area contributed by atoms with Gasteiger partial charge in [-0.1, -0.05) is 0 Å². The summed E-state index contributed by atoms with van der Waals surface area (Å²) in [7, 11) is 1.60. The molecular weight excluding hydrogens is 397 g/mol. The molecule has 0 N–H and O–H groups in total. The van der Waals surface area contributed by atoms with E-state index in [9.17, 15) is 18.0 Å². The molecule has 0 unspecified atom stereocenters. The van der Waals surface area contributed by atoms with Crippen molar-refractivity contribution in [3.05, 3.63) is 46.2 Å². The molecule has 1 fully saturated rings. The van der Waals surface area contributed by atoms with Crippen LogP contribution in [0.25, 0.3) is 5.65 Å². The summed E-state index contributed by atoms with van der Waals surface area (Å²) in [5.74, 6) is -0.418. The number of nitrogens with zero attached hydrogens (tertiary/aromatic N) is 6. The largest absolute Gasteiger partial charge is 0.433 e. The van der Waals surface area contributed by atoms with E-state index in [1.54, 1.807) is 7.05 Å². The highest BCUT2D eigenvalue weighted by molar-refractivity contribution is 5.93. The molecule has 0 bridgehead atoms. The minimum Gasteiger partial charge on any atom is -0.336 e. The van der Waals surface area contributed by atoms with Crippen molar-refractivity contribution in [1.82, 2.24) is 29.3 Å². The van der Waals surface area contributed by atoms with Crippen molar-refractivity contribution in [3.8, 4) is 0 Å². The van der Waals surface area contributed by atoms with Gasteiger partial charge in [-0.15, -0.1) is 0 Å². The second kappa shape index (κ2) is 7.10. The van der Waals surface area contributed by atoms with Crippen molar-refractivity contribution < 1.29 is 18.0 Å². The molecule has 3 aromatic rings. The molecule has 1 aliphatic rings. The van der Waals surface area contributed by atoms with E-state index in [0.717, 1.165) is 40.4 Å². The molecule has 0 aliphatic heterocycles. The van der Waals surface area contributed by atoms with Gasteiger partial charge >= 0.3 is 6.18 Å². The van der Waals surface area contributed by atoms with Gasteiger partial charge in [-0.25, -0.2) is 9.50 Å². The lowest BCUT2D eigenvalue weighted by atomic mass is 10.2. The third kappa shape index (κ3) is 3.54. The molecule has 0 atom stereocenters. The number of rotatable bonds is 5. The van der Waals surface area contributed by atoms with Gasteiger partial charge < -0.3 is 4.90 Å². The highest BCUT2D eigenvalue weighted by Crippen LogP contribution is 2.41. The van der Waals surface area contributed by atoms with Crippen LogP contribution in [0.1, 0.15) is 64.5 Å². The van der Waals surface area contributed by atoms with E-state index in [2.05, 4.69) is 15.2 Å². The number of hydrogen-bond donors (Lipinski definition) is 0. The second-order valence-corrected chi connectivity index (χ2v) is 7.76. The smallest absolute Gasteiger partial charge is 0.336 e. The van der Waals surface area contributed by atoms with E-state index in [0.29, 0.717) is 12.2 Å². The van der Waals surface area contributed by atoms with Crippen molar-refractivity contribution in [3.63, 3.8) is 0 Å². The average molecular weight is 420 g/mol. The summed E-state index contributed by atoms with van der Waals surface area (Å²) >= 11 is 0. The third-order valence-corrected chi connectivity index (χ3v) is 5.53. The lowest BCUT2D eigenvalue weighted by Gasteiger charge is -2.16. The standard InChI is InChI=1S/C20H23F3N6O/c1-5-28-12(3)14(11(2)25-28)10-27(4)19(30)16-9-18-24-15(13-6-7-13)8-17(20(21,22)23)29(18)26-16/h8-9,13H,5-7,10H2,1-4H3. The molecule has 160 valence electrons. The first-order valence-electron chi connectivity index (χ1n) is 9.86. The Morgan fingerprint density at radius 1 is 1.23 bits per heavy atom. The highest BCUT2D eigenvalue weighted by atomic mass is 19.4. The Hall–Kier alpha value is -2.91. The van der Waals surface area contributed by atoms with E-state index in [-0.39, 0.29) is 23.8 Å². The first-order valence-corrected chi connectivity index (χ1v) is 9.86. The Balaban J connectivity index is 1.67. The second-order valence-electron chi connectivity index (χ2n) is 7.76. The number of carbonyl (C=O) groups excluding carboxylic acids is 1.